The third kappa shape index (κ3) is 5.48. The molecule has 0 spiro atoms. The molecule has 10 heteroatoms. The van der Waals surface area contributed by atoms with Crippen molar-refractivity contribution in [3.63, 3.8) is 0 Å². The fraction of sp³-hybridized carbons (Fsp3) is 0.238. The van der Waals surface area contributed by atoms with Gasteiger partial charge in [0.05, 0.1) is 7.11 Å². The number of methoxy groups -OCH3 is 1. The van der Waals surface area contributed by atoms with E-state index in [0.29, 0.717) is 33.1 Å². The maximum Gasteiger partial charge on any atom is 0.220 e. The van der Waals surface area contributed by atoms with Crippen molar-refractivity contribution in [2.24, 2.45) is 0 Å². The molecule has 2 aromatic carbocycles. The van der Waals surface area contributed by atoms with E-state index in [1.165, 1.54) is 18.9 Å². The first-order valence-corrected chi connectivity index (χ1v) is 10.4. The summed E-state index contributed by atoms with van der Waals surface area (Å²) in [6, 6.07) is 12.4. The lowest BCUT2D eigenvalue weighted by molar-refractivity contribution is -0.479. The lowest BCUT2D eigenvalue weighted by atomic mass is 10.1. The van der Waals surface area contributed by atoms with Gasteiger partial charge in [0, 0.05) is 15.6 Å². The number of ether oxygens (including phenoxy) is 2. The normalized spacial score (nSPS) is 11.5. The molecule has 3 rings (SSSR count). The Bertz CT molecular complexity index is 1110. The number of hydrogen-bond acceptors (Lipinski definition) is 7. The van der Waals surface area contributed by atoms with E-state index in [1.54, 1.807) is 30.3 Å². The van der Waals surface area contributed by atoms with E-state index in [9.17, 15) is 10.1 Å². The van der Waals surface area contributed by atoms with Crippen molar-refractivity contribution < 1.29 is 14.4 Å². The Morgan fingerprint density at radius 2 is 2.00 bits per heavy atom. The molecule has 160 valence electrons. The van der Waals surface area contributed by atoms with Gasteiger partial charge in [-0.2, -0.15) is 0 Å². The SMILES string of the molecule is C#CCOc1ccc([C@H](C[N+](=O)[O-])Sc2nnc(C)n2-c2ccc(Cl)cc2)cc1OC. The van der Waals surface area contributed by atoms with Gasteiger partial charge in [-0.05, 0) is 48.9 Å². The van der Waals surface area contributed by atoms with Crippen LogP contribution in [0.5, 0.6) is 11.5 Å². The molecule has 1 heterocycles. The van der Waals surface area contributed by atoms with Gasteiger partial charge in [0.25, 0.3) is 0 Å². The maximum absolute atomic E-state index is 11.4. The number of hydrogen-bond donors (Lipinski definition) is 0. The number of rotatable bonds is 9. The number of thioether (sulfide) groups is 1. The van der Waals surface area contributed by atoms with Crippen molar-refractivity contribution in [1.29, 1.82) is 0 Å². The first-order chi connectivity index (χ1) is 14.9. The second kappa shape index (κ2) is 10.2. The minimum absolute atomic E-state index is 0.0895. The van der Waals surface area contributed by atoms with Crippen LogP contribution in [0.4, 0.5) is 0 Å². The van der Waals surface area contributed by atoms with Gasteiger partial charge in [0.15, 0.2) is 16.7 Å². The van der Waals surface area contributed by atoms with Crippen LogP contribution in [-0.4, -0.2) is 39.9 Å². The van der Waals surface area contributed by atoms with E-state index < -0.39 is 5.25 Å². The van der Waals surface area contributed by atoms with Crippen LogP contribution in [0.15, 0.2) is 47.6 Å². The summed E-state index contributed by atoms with van der Waals surface area (Å²) < 4.78 is 12.7. The zero-order chi connectivity index (χ0) is 22.4. The molecule has 0 saturated carbocycles. The molecule has 0 bridgehead atoms. The number of aryl methyl sites for hydroxylation is 1. The predicted molar refractivity (Wildman–Crippen MR) is 119 cm³/mol. The molecule has 8 nitrogen and oxygen atoms in total. The summed E-state index contributed by atoms with van der Waals surface area (Å²) in [6.45, 7) is 1.59. The predicted octanol–water partition coefficient (Wildman–Crippen LogP) is 4.36. The quantitative estimate of drug-likeness (QED) is 0.203. The van der Waals surface area contributed by atoms with Crippen LogP contribution in [-0.2, 0) is 0 Å². The average Bonchev–Trinajstić information content (AvgIpc) is 3.12. The summed E-state index contributed by atoms with van der Waals surface area (Å²) in [7, 11) is 1.50. The van der Waals surface area contributed by atoms with E-state index in [0.717, 1.165) is 5.69 Å². The number of terminal acetylenes is 1. The smallest absolute Gasteiger partial charge is 0.220 e. The number of nitro groups is 1. The molecule has 1 atom stereocenters. The van der Waals surface area contributed by atoms with Crippen LogP contribution < -0.4 is 9.47 Å². The number of halogens is 1. The Morgan fingerprint density at radius 1 is 1.26 bits per heavy atom. The number of aromatic nitrogens is 3. The summed E-state index contributed by atoms with van der Waals surface area (Å²) in [5.74, 6) is 3.96. The average molecular weight is 459 g/mol. The Balaban J connectivity index is 1.96. The van der Waals surface area contributed by atoms with E-state index in [2.05, 4.69) is 16.1 Å². The van der Waals surface area contributed by atoms with Crippen molar-refractivity contribution in [3.05, 3.63) is 69.0 Å². The highest BCUT2D eigenvalue weighted by Gasteiger charge is 2.25. The third-order valence-corrected chi connectivity index (χ3v) is 5.75. The topological polar surface area (TPSA) is 92.3 Å². The van der Waals surface area contributed by atoms with Crippen LogP contribution in [0.2, 0.25) is 5.02 Å². The fourth-order valence-electron chi connectivity index (χ4n) is 2.90. The second-order valence-corrected chi connectivity index (χ2v) is 7.97. The lowest BCUT2D eigenvalue weighted by Gasteiger charge is -2.16. The minimum Gasteiger partial charge on any atom is -0.493 e. The molecule has 0 aliphatic rings. The van der Waals surface area contributed by atoms with E-state index in [4.69, 9.17) is 27.5 Å². The Morgan fingerprint density at radius 3 is 2.65 bits per heavy atom. The van der Waals surface area contributed by atoms with E-state index in [1.807, 2.05) is 23.6 Å². The zero-order valence-electron chi connectivity index (χ0n) is 16.8. The Kier molecular flexibility index (Phi) is 7.39. The van der Waals surface area contributed by atoms with Gasteiger partial charge in [-0.3, -0.25) is 14.7 Å². The molecule has 0 amide bonds. The number of benzene rings is 2. The molecule has 31 heavy (non-hydrogen) atoms. The molecule has 3 aromatic rings. The van der Waals surface area contributed by atoms with Crippen LogP contribution in [0.3, 0.4) is 0 Å². The maximum atomic E-state index is 11.4. The Labute approximate surface area is 188 Å². The molecule has 0 aliphatic carbocycles. The van der Waals surface area contributed by atoms with Crippen LogP contribution >= 0.6 is 23.4 Å². The van der Waals surface area contributed by atoms with Gasteiger partial charge < -0.3 is 9.47 Å². The van der Waals surface area contributed by atoms with Gasteiger partial charge in [-0.1, -0.05) is 35.3 Å². The highest BCUT2D eigenvalue weighted by molar-refractivity contribution is 7.99. The first kappa shape index (κ1) is 22.5. The summed E-state index contributed by atoms with van der Waals surface area (Å²) in [6.07, 6.45) is 5.24. The van der Waals surface area contributed by atoms with Crippen molar-refractivity contribution >= 4 is 23.4 Å². The molecular formula is C21H19ClN4O4S. The van der Waals surface area contributed by atoms with Gasteiger partial charge in [0.1, 0.15) is 17.7 Å². The molecule has 0 unspecified atom stereocenters. The minimum atomic E-state index is -0.541. The monoisotopic (exact) mass is 458 g/mol. The van der Waals surface area contributed by atoms with Gasteiger partial charge in [-0.25, -0.2) is 0 Å². The second-order valence-electron chi connectivity index (χ2n) is 6.37. The summed E-state index contributed by atoms with van der Waals surface area (Å²) in [5, 5.41) is 20.4. The van der Waals surface area contributed by atoms with E-state index in [-0.39, 0.29) is 18.1 Å². The van der Waals surface area contributed by atoms with Crippen LogP contribution in [0.25, 0.3) is 5.69 Å². The van der Waals surface area contributed by atoms with Gasteiger partial charge in [-0.15, -0.1) is 16.6 Å². The zero-order valence-corrected chi connectivity index (χ0v) is 18.4. The highest BCUT2D eigenvalue weighted by atomic mass is 35.5. The molecule has 0 fully saturated rings. The molecule has 0 saturated heterocycles. The molecule has 0 N–H and O–H groups in total. The van der Waals surface area contributed by atoms with Crippen molar-refractivity contribution in [2.45, 2.75) is 17.3 Å². The van der Waals surface area contributed by atoms with E-state index >= 15 is 0 Å². The van der Waals surface area contributed by atoms with Crippen molar-refractivity contribution in [3.8, 4) is 29.5 Å². The molecular weight excluding hydrogens is 440 g/mol. The third-order valence-electron chi connectivity index (χ3n) is 4.31. The van der Waals surface area contributed by atoms with Crippen molar-refractivity contribution in [1.82, 2.24) is 14.8 Å². The summed E-state index contributed by atoms with van der Waals surface area (Å²) >= 11 is 7.24. The standard InChI is InChI=1S/C21H19ClN4O4S/c1-4-11-30-18-10-5-15(12-19(18)29-3)20(13-25(27)28)31-21-24-23-14(2)26(21)17-8-6-16(22)7-9-17/h1,5-10,12,20H,11,13H2,2-3H3/t20-/m0/s1. The number of nitrogens with zero attached hydrogens (tertiary/aromatic N) is 4. The van der Waals surface area contributed by atoms with Crippen LogP contribution in [0.1, 0.15) is 16.6 Å². The first-order valence-electron chi connectivity index (χ1n) is 9.13. The fourth-order valence-corrected chi connectivity index (χ4v) is 4.19. The molecule has 1 aromatic heterocycles. The van der Waals surface area contributed by atoms with Gasteiger partial charge in [0.2, 0.25) is 6.54 Å². The van der Waals surface area contributed by atoms with Crippen molar-refractivity contribution in [2.75, 3.05) is 20.3 Å². The van der Waals surface area contributed by atoms with Gasteiger partial charge >= 0.3 is 0 Å². The summed E-state index contributed by atoms with van der Waals surface area (Å²) in [5.41, 5.74) is 1.50. The molecule has 0 radical (unpaired) electrons. The van der Waals surface area contributed by atoms with Crippen LogP contribution in [0, 0.1) is 29.4 Å². The Hall–Kier alpha value is -3.22. The largest absolute Gasteiger partial charge is 0.493 e. The highest BCUT2D eigenvalue weighted by Crippen LogP contribution is 2.39. The molecule has 0 aliphatic heterocycles. The lowest BCUT2D eigenvalue weighted by Crippen LogP contribution is -2.11. The summed E-state index contributed by atoms with van der Waals surface area (Å²) in [4.78, 5) is 11.0.